The minimum atomic E-state index is -1.29. The molecule has 1 aliphatic rings. The van der Waals surface area contributed by atoms with Crippen LogP contribution >= 0.6 is 0 Å². The fraction of sp³-hybridized carbons (Fsp3) is 0.360. The number of phenolic OH excluding ortho intramolecular Hbond substituents is 1. The molecule has 192 valence electrons. The molecule has 1 fully saturated rings. The number of phenols is 1. The molecule has 11 nitrogen and oxygen atoms in total. The van der Waals surface area contributed by atoms with E-state index in [1.807, 2.05) is 0 Å². The Morgan fingerprint density at radius 2 is 1.78 bits per heavy atom. The van der Waals surface area contributed by atoms with Crippen molar-refractivity contribution in [3.8, 4) is 11.5 Å². The highest BCUT2D eigenvalue weighted by atomic mass is 16.5. The number of aromatic hydroxyl groups is 1. The summed E-state index contributed by atoms with van der Waals surface area (Å²) in [5.41, 5.74) is 0.954. The number of cyclic esters (lactones) is 1. The first-order valence-electron chi connectivity index (χ1n) is 11.3. The fourth-order valence-electron chi connectivity index (χ4n) is 3.70. The quantitative estimate of drug-likeness (QED) is 0.360. The summed E-state index contributed by atoms with van der Waals surface area (Å²) in [6.07, 6.45) is -2.66. The van der Waals surface area contributed by atoms with Gasteiger partial charge in [-0.25, -0.2) is 0 Å². The predicted molar refractivity (Wildman–Crippen MR) is 127 cm³/mol. The topological polar surface area (TPSA) is 163 Å². The van der Waals surface area contributed by atoms with Gasteiger partial charge >= 0.3 is 5.97 Å². The van der Waals surface area contributed by atoms with E-state index in [4.69, 9.17) is 9.47 Å². The molecule has 2 unspecified atom stereocenters. The summed E-state index contributed by atoms with van der Waals surface area (Å²) in [7, 11) is 1.49. The SMILES string of the molecule is COc1ccc(C(=O)NC2C(=O)NCC(=O)NC(Cc3ccc(O)cc3)[C@H](O)CC(=O)O[C@@H]2C)cc1. The molecule has 3 rings (SSSR count). The molecule has 36 heavy (non-hydrogen) atoms. The summed E-state index contributed by atoms with van der Waals surface area (Å²) in [4.78, 5) is 50.6. The molecule has 1 aliphatic heterocycles. The van der Waals surface area contributed by atoms with Crippen LogP contribution in [0, 0.1) is 0 Å². The van der Waals surface area contributed by atoms with Gasteiger partial charge in [0.1, 0.15) is 23.6 Å². The number of carbonyl (C=O) groups is 4. The van der Waals surface area contributed by atoms with Crippen LogP contribution in [0.25, 0.3) is 0 Å². The van der Waals surface area contributed by atoms with Crippen molar-refractivity contribution in [2.75, 3.05) is 13.7 Å². The number of methoxy groups -OCH3 is 1. The summed E-state index contributed by atoms with van der Waals surface area (Å²) in [5.74, 6) is -2.10. The van der Waals surface area contributed by atoms with E-state index in [2.05, 4.69) is 16.0 Å². The molecule has 5 N–H and O–H groups in total. The maximum atomic E-state index is 12.8. The normalized spacial score (nSPS) is 23.2. The van der Waals surface area contributed by atoms with E-state index >= 15 is 0 Å². The molecule has 3 amide bonds. The molecule has 0 saturated carbocycles. The second-order valence-corrected chi connectivity index (χ2v) is 8.41. The molecule has 1 heterocycles. The average molecular weight is 500 g/mol. The zero-order valence-corrected chi connectivity index (χ0v) is 19.9. The number of rotatable bonds is 5. The molecule has 4 atom stereocenters. The first-order chi connectivity index (χ1) is 17.2. The lowest BCUT2D eigenvalue weighted by Crippen LogP contribution is -2.56. The minimum absolute atomic E-state index is 0.0657. The molecular formula is C25H29N3O8. The number of hydrogen-bond acceptors (Lipinski definition) is 8. The van der Waals surface area contributed by atoms with E-state index in [1.165, 1.54) is 38.3 Å². The average Bonchev–Trinajstić information content (AvgIpc) is 2.85. The van der Waals surface area contributed by atoms with Gasteiger partial charge in [-0.1, -0.05) is 12.1 Å². The van der Waals surface area contributed by atoms with Gasteiger partial charge in [-0.05, 0) is 55.3 Å². The van der Waals surface area contributed by atoms with Crippen LogP contribution in [0.5, 0.6) is 11.5 Å². The Kier molecular flexibility index (Phi) is 8.85. The molecule has 0 bridgehead atoms. The Bertz CT molecular complexity index is 1090. The van der Waals surface area contributed by atoms with E-state index in [0.29, 0.717) is 11.3 Å². The first kappa shape index (κ1) is 26.5. The van der Waals surface area contributed by atoms with Crippen LogP contribution in [-0.4, -0.2) is 71.9 Å². The number of aliphatic hydroxyl groups is 1. The molecule has 1 saturated heterocycles. The number of benzene rings is 2. The van der Waals surface area contributed by atoms with Crippen LogP contribution in [0.2, 0.25) is 0 Å². The van der Waals surface area contributed by atoms with Crippen LogP contribution in [0.3, 0.4) is 0 Å². The van der Waals surface area contributed by atoms with Crippen molar-refractivity contribution in [3.63, 3.8) is 0 Å². The van der Waals surface area contributed by atoms with Gasteiger partial charge in [0.05, 0.1) is 32.2 Å². The number of aliphatic hydroxyl groups excluding tert-OH is 1. The third-order valence-electron chi connectivity index (χ3n) is 5.71. The van der Waals surface area contributed by atoms with Crippen molar-refractivity contribution in [2.24, 2.45) is 0 Å². The lowest BCUT2D eigenvalue weighted by molar-refractivity contribution is -0.154. The minimum Gasteiger partial charge on any atom is -0.508 e. The van der Waals surface area contributed by atoms with E-state index < -0.39 is 60.9 Å². The maximum absolute atomic E-state index is 12.8. The molecule has 0 aliphatic carbocycles. The van der Waals surface area contributed by atoms with Crippen LogP contribution in [-0.2, 0) is 25.5 Å². The summed E-state index contributed by atoms with van der Waals surface area (Å²) < 4.78 is 10.4. The highest BCUT2D eigenvalue weighted by Gasteiger charge is 2.33. The van der Waals surface area contributed by atoms with Crippen molar-refractivity contribution in [2.45, 2.75) is 44.1 Å². The smallest absolute Gasteiger partial charge is 0.308 e. The molecule has 2 aromatic carbocycles. The van der Waals surface area contributed by atoms with Gasteiger partial charge in [-0.3, -0.25) is 19.2 Å². The third-order valence-corrected chi connectivity index (χ3v) is 5.71. The van der Waals surface area contributed by atoms with Gasteiger partial charge in [0.15, 0.2) is 0 Å². The largest absolute Gasteiger partial charge is 0.508 e. The summed E-state index contributed by atoms with van der Waals surface area (Å²) in [5, 5.41) is 27.7. The van der Waals surface area contributed by atoms with Gasteiger partial charge < -0.3 is 35.6 Å². The lowest BCUT2D eigenvalue weighted by atomic mass is 9.98. The Morgan fingerprint density at radius 1 is 1.11 bits per heavy atom. The molecule has 0 aromatic heterocycles. The van der Waals surface area contributed by atoms with Gasteiger partial charge in [0.2, 0.25) is 11.8 Å². The Morgan fingerprint density at radius 3 is 2.42 bits per heavy atom. The summed E-state index contributed by atoms with van der Waals surface area (Å²) in [6.45, 7) is 1.01. The first-order valence-corrected chi connectivity index (χ1v) is 11.3. The van der Waals surface area contributed by atoms with Crippen LogP contribution in [0.1, 0.15) is 29.3 Å². The maximum Gasteiger partial charge on any atom is 0.308 e. The van der Waals surface area contributed by atoms with Gasteiger partial charge in [-0.2, -0.15) is 0 Å². The Balaban J connectivity index is 1.73. The number of nitrogens with one attached hydrogen (secondary N) is 3. The predicted octanol–water partition coefficient (Wildman–Crippen LogP) is 0.0392. The van der Waals surface area contributed by atoms with Crippen molar-refractivity contribution in [3.05, 3.63) is 59.7 Å². The Labute approximate surface area is 207 Å². The van der Waals surface area contributed by atoms with Crippen molar-refractivity contribution >= 4 is 23.7 Å². The van der Waals surface area contributed by atoms with Crippen LogP contribution in [0.15, 0.2) is 48.5 Å². The van der Waals surface area contributed by atoms with Crippen LogP contribution < -0.4 is 20.7 Å². The molecular weight excluding hydrogens is 470 g/mol. The van der Waals surface area contributed by atoms with Crippen molar-refractivity contribution in [1.82, 2.24) is 16.0 Å². The highest BCUT2D eigenvalue weighted by Crippen LogP contribution is 2.16. The summed E-state index contributed by atoms with van der Waals surface area (Å²) >= 11 is 0. The monoisotopic (exact) mass is 499 g/mol. The zero-order valence-electron chi connectivity index (χ0n) is 19.9. The van der Waals surface area contributed by atoms with Crippen molar-refractivity contribution < 1.29 is 38.9 Å². The number of amides is 3. The van der Waals surface area contributed by atoms with E-state index in [0.717, 1.165) is 0 Å². The second kappa shape index (κ2) is 12.0. The third kappa shape index (κ3) is 7.19. The number of carbonyl (C=O) groups excluding carboxylic acids is 4. The fourth-order valence-corrected chi connectivity index (χ4v) is 3.70. The standard InChI is InChI=1S/C25H29N3O8/c1-14-23(28-24(33)16-5-9-18(35-2)10-6-16)25(34)26-13-21(31)27-19(20(30)12-22(32)36-14)11-15-3-7-17(29)8-4-15/h3-10,14,19-20,23,29-30H,11-13H2,1-2H3,(H,26,34)(H,27,31)(H,28,33)/t14-,19?,20-,23?/m1/s1. The van der Waals surface area contributed by atoms with Gasteiger partial charge in [0, 0.05) is 5.56 Å². The van der Waals surface area contributed by atoms with Gasteiger partial charge in [-0.15, -0.1) is 0 Å². The molecule has 2 aromatic rings. The highest BCUT2D eigenvalue weighted by molar-refractivity contribution is 5.98. The summed E-state index contributed by atoms with van der Waals surface area (Å²) in [6, 6.07) is 10.2. The van der Waals surface area contributed by atoms with Crippen LogP contribution in [0.4, 0.5) is 0 Å². The van der Waals surface area contributed by atoms with Crippen molar-refractivity contribution in [1.29, 1.82) is 0 Å². The van der Waals surface area contributed by atoms with E-state index in [9.17, 15) is 29.4 Å². The molecule has 0 radical (unpaired) electrons. The van der Waals surface area contributed by atoms with E-state index in [1.54, 1.807) is 24.3 Å². The molecule has 11 heteroatoms. The van der Waals surface area contributed by atoms with Gasteiger partial charge in [0.25, 0.3) is 5.91 Å². The zero-order chi connectivity index (χ0) is 26.2. The Hall–Kier alpha value is -4.12. The number of esters is 1. The number of ether oxygens (including phenoxy) is 2. The second-order valence-electron chi connectivity index (χ2n) is 8.41. The lowest BCUT2D eigenvalue weighted by Gasteiger charge is -2.28. The molecule has 0 spiro atoms. The number of hydrogen-bond donors (Lipinski definition) is 5. The van der Waals surface area contributed by atoms with E-state index in [-0.39, 0.29) is 17.7 Å².